The largest absolute Gasteiger partial charge is 0.349 e. The number of halogens is 1. The van der Waals surface area contributed by atoms with Crippen LogP contribution in [0.25, 0.3) is 5.69 Å². The third kappa shape index (κ3) is 4.14. The molecule has 3 rings (SSSR count). The quantitative estimate of drug-likeness (QED) is 0.804. The van der Waals surface area contributed by atoms with E-state index in [0.717, 1.165) is 26.2 Å². The summed E-state index contributed by atoms with van der Waals surface area (Å²) < 4.78 is 15.3. The summed E-state index contributed by atoms with van der Waals surface area (Å²) in [7, 11) is 0. The van der Waals surface area contributed by atoms with Crippen molar-refractivity contribution in [3.05, 3.63) is 57.8 Å². The maximum Gasteiger partial charge on any atom is 0.275 e. The summed E-state index contributed by atoms with van der Waals surface area (Å²) in [6.45, 7) is 6.50. The van der Waals surface area contributed by atoms with Gasteiger partial charge >= 0.3 is 0 Å². The van der Waals surface area contributed by atoms with Crippen molar-refractivity contribution in [1.29, 1.82) is 0 Å². The summed E-state index contributed by atoms with van der Waals surface area (Å²) in [6, 6.07) is 7.39. The van der Waals surface area contributed by atoms with Crippen LogP contribution in [0.5, 0.6) is 0 Å². The summed E-state index contributed by atoms with van der Waals surface area (Å²) in [5.74, 6) is -1.02. The second-order valence-corrected chi connectivity index (χ2v) is 6.21. The molecule has 8 heteroatoms. The molecule has 0 aliphatic carbocycles. The Balaban J connectivity index is 1.74. The van der Waals surface area contributed by atoms with Crippen molar-refractivity contribution in [3.63, 3.8) is 0 Å². The van der Waals surface area contributed by atoms with Crippen LogP contribution in [0.4, 0.5) is 4.39 Å². The molecule has 2 N–H and O–H groups in total. The highest BCUT2D eigenvalue weighted by molar-refractivity contribution is 5.92. The van der Waals surface area contributed by atoms with Crippen LogP contribution in [0.3, 0.4) is 0 Å². The minimum Gasteiger partial charge on any atom is -0.349 e. The number of hydrogen-bond donors (Lipinski definition) is 2. The Morgan fingerprint density at radius 1 is 1.31 bits per heavy atom. The number of amides is 1. The molecule has 1 fully saturated rings. The van der Waals surface area contributed by atoms with Crippen LogP contribution in [-0.2, 0) is 0 Å². The van der Waals surface area contributed by atoms with Crippen molar-refractivity contribution >= 4 is 5.91 Å². The smallest absolute Gasteiger partial charge is 0.275 e. The topological polar surface area (TPSA) is 79.3 Å². The van der Waals surface area contributed by atoms with E-state index in [2.05, 4.69) is 20.6 Å². The molecule has 0 radical (unpaired) electrons. The van der Waals surface area contributed by atoms with Gasteiger partial charge in [-0.25, -0.2) is 9.07 Å². The highest BCUT2D eigenvalue weighted by Gasteiger charge is 2.17. The zero-order chi connectivity index (χ0) is 18.5. The maximum absolute atomic E-state index is 14.0. The van der Waals surface area contributed by atoms with Gasteiger partial charge in [0.15, 0.2) is 5.69 Å². The normalized spacial score (nSPS) is 15.0. The lowest BCUT2D eigenvalue weighted by Crippen LogP contribution is -2.46. The summed E-state index contributed by atoms with van der Waals surface area (Å²) in [5.41, 5.74) is -0.0636. The lowest BCUT2D eigenvalue weighted by atomic mass is 10.2. The lowest BCUT2D eigenvalue weighted by Gasteiger charge is -2.27. The van der Waals surface area contributed by atoms with Crippen molar-refractivity contribution in [1.82, 2.24) is 25.3 Å². The van der Waals surface area contributed by atoms with Crippen molar-refractivity contribution in [2.45, 2.75) is 6.92 Å². The Labute approximate surface area is 150 Å². The van der Waals surface area contributed by atoms with Crippen molar-refractivity contribution in [2.75, 3.05) is 39.3 Å². The highest BCUT2D eigenvalue weighted by Crippen LogP contribution is 2.13. The van der Waals surface area contributed by atoms with E-state index >= 15 is 0 Å². The predicted octanol–water partition coefficient (Wildman–Crippen LogP) is 0.315. The van der Waals surface area contributed by atoms with Crippen molar-refractivity contribution in [3.8, 4) is 5.69 Å². The number of rotatable bonds is 5. The van der Waals surface area contributed by atoms with Crippen molar-refractivity contribution in [2.24, 2.45) is 0 Å². The molecule has 1 aromatic heterocycles. The van der Waals surface area contributed by atoms with E-state index in [4.69, 9.17) is 0 Å². The number of carbonyl (C=O) groups excluding carboxylic acids is 1. The average molecular weight is 359 g/mol. The first-order chi connectivity index (χ1) is 12.6. The molecule has 138 valence electrons. The predicted molar refractivity (Wildman–Crippen MR) is 96.2 cm³/mol. The molecule has 26 heavy (non-hydrogen) atoms. The molecule has 0 atom stereocenters. The Bertz CT molecular complexity index is 846. The fraction of sp³-hybridized carbons (Fsp3) is 0.389. The van der Waals surface area contributed by atoms with E-state index in [1.807, 2.05) is 0 Å². The Hall–Kier alpha value is -2.58. The molecule has 1 saturated heterocycles. The van der Waals surface area contributed by atoms with Gasteiger partial charge in [-0.15, -0.1) is 0 Å². The van der Waals surface area contributed by atoms with Crippen LogP contribution in [0.15, 0.2) is 35.1 Å². The highest BCUT2D eigenvalue weighted by atomic mass is 19.1. The van der Waals surface area contributed by atoms with Crippen LogP contribution >= 0.6 is 0 Å². The Kier molecular flexibility index (Phi) is 5.75. The van der Waals surface area contributed by atoms with E-state index in [9.17, 15) is 14.0 Å². The average Bonchev–Trinajstić information content (AvgIpc) is 2.63. The molecule has 1 aromatic carbocycles. The summed E-state index contributed by atoms with van der Waals surface area (Å²) in [4.78, 5) is 26.8. The van der Waals surface area contributed by atoms with E-state index in [-0.39, 0.29) is 11.4 Å². The van der Waals surface area contributed by atoms with E-state index in [1.54, 1.807) is 25.1 Å². The molecule has 2 heterocycles. The molecule has 1 amide bonds. The number of benzene rings is 1. The number of para-hydroxylation sites is 1. The van der Waals surface area contributed by atoms with Gasteiger partial charge in [0.05, 0.1) is 0 Å². The molecule has 0 spiro atoms. The SMILES string of the molecule is Cc1cc(=O)c(C(=O)NCCN2CCNCC2)nn1-c1ccccc1F. The molecule has 0 saturated carbocycles. The summed E-state index contributed by atoms with van der Waals surface area (Å²) in [6.07, 6.45) is 0. The number of piperazine rings is 1. The third-order valence-corrected chi connectivity index (χ3v) is 4.33. The Morgan fingerprint density at radius 2 is 2.04 bits per heavy atom. The first-order valence-electron chi connectivity index (χ1n) is 8.63. The molecule has 1 aliphatic heterocycles. The van der Waals surface area contributed by atoms with Gasteiger partial charge in [-0.05, 0) is 19.1 Å². The van der Waals surface area contributed by atoms with Gasteiger partial charge in [0.1, 0.15) is 11.5 Å². The second kappa shape index (κ2) is 8.20. The molecule has 1 aliphatic rings. The fourth-order valence-electron chi connectivity index (χ4n) is 2.92. The van der Waals surface area contributed by atoms with Gasteiger partial charge in [0.2, 0.25) is 5.43 Å². The maximum atomic E-state index is 14.0. The van der Waals surface area contributed by atoms with Crippen LogP contribution in [0.1, 0.15) is 16.2 Å². The van der Waals surface area contributed by atoms with Gasteiger partial charge in [0.25, 0.3) is 5.91 Å². The van der Waals surface area contributed by atoms with E-state index in [0.29, 0.717) is 18.8 Å². The monoisotopic (exact) mass is 359 g/mol. The standard InChI is InChI=1S/C18H22FN5O2/c1-13-12-16(25)17(22-24(13)15-5-3-2-4-14(15)19)18(26)21-8-11-23-9-6-20-7-10-23/h2-5,12,20H,6-11H2,1H3,(H,21,26). The first kappa shape index (κ1) is 18.2. The number of carbonyl (C=O) groups is 1. The molecule has 2 aromatic rings. The summed E-state index contributed by atoms with van der Waals surface area (Å²) >= 11 is 0. The van der Waals surface area contributed by atoms with E-state index < -0.39 is 17.2 Å². The van der Waals surface area contributed by atoms with E-state index in [1.165, 1.54) is 16.8 Å². The molecule has 0 unspecified atom stereocenters. The fourth-order valence-corrected chi connectivity index (χ4v) is 2.92. The first-order valence-corrected chi connectivity index (χ1v) is 8.63. The molecular weight excluding hydrogens is 337 g/mol. The number of nitrogens with one attached hydrogen (secondary N) is 2. The molecule has 7 nitrogen and oxygen atoms in total. The molecule has 0 bridgehead atoms. The number of nitrogens with zero attached hydrogens (tertiary/aromatic N) is 3. The number of hydrogen-bond acceptors (Lipinski definition) is 5. The lowest BCUT2D eigenvalue weighted by molar-refractivity contribution is 0.0939. The molecular formula is C18H22FN5O2. The van der Waals surface area contributed by atoms with Gasteiger partial charge in [-0.3, -0.25) is 14.5 Å². The number of aryl methyl sites for hydroxylation is 1. The summed E-state index contributed by atoms with van der Waals surface area (Å²) in [5, 5.41) is 10.1. The van der Waals surface area contributed by atoms with Gasteiger partial charge in [-0.2, -0.15) is 5.10 Å². The van der Waals surface area contributed by atoms with Crippen LogP contribution in [0, 0.1) is 12.7 Å². The van der Waals surface area contributed by atoms with Gasteiger partial charge < -0.3 is 10.6 Å². The van der Waals surface area contributed by atoms with Crippen LogP contribution < -0.4 is 16.1 Å². The third-order valence-electron chi connectivity index (χ3n) is 4.33. The van der Waals surface area contributed by atoms with Gasteiger partial charge in [-0.1, -0.05) is 12.1 Å². The second-order valence-electron chi connectivity index (χ2n) is 6.21. The van der Waals surface area contributed by atoms with Crippen LogP contribution in [-0.4, -0.2) is 59.9 Å². The van der Waals surface area contributed by atoms with Crippen LogP contribution in [0.2, 0.25) is 0 Å². The minimum atomic E-state index is -0.546. The number of aromatic nitrogens is 2. The zero-order valence-corrected chi connectivity index (χ0v) is 14.7. The van der Waals surface area contributed by atoms with Gasteiger partial charge in [0, 0.05) is 51.0 Å². The van der Waals surface area contributed by atoms with Crippen molar-refractivity contribution < 1.29 is 9.18 Å². The Morgan fingerprint density at radius 3 is 2.77 bits per heavy atom. The minimum absolute atomic E-state index is 0.194. The zero-order valence-electron chi connectivity index (χ0n) is 14.7.